The summed E-state index contributed by atoms with van der Waals surface area (Å²) in [5.41, 5.74) is -1.67. The zero-order valence-electron chi connectivity index (χ0n) is 17.7. The van der Waals surface area contributed by atoms with Crippen molar-refractivity contribution in [3.63, 3.8) is 0 Å². The van der Waals surface area contributed by atoms with Gasteiger partial charge in [-0.25, -0.2) is 4.79 Å². The lowest BCUT2D eigenvalue weighted by atomic mass is 10.0. The zero-order chi connectivity index (χ0) is 23.7. The van der Waals surface area contributed by atoms with Gasteiger partial charge in [0, 0.05) is 5.39 Å². The van der Waals surface area contributed by atoms with Crippen LogP contribution in [0.4, 0.5) is 13.2 Å². The Kier molecular flexibility index (Phi) is 6.16. The topological polar surface area (TPSA) is 75.6 Å². The van der Waals surface area contributed by atoms with Crippen molar-refractivity contribution < 1.29 is 32.6 Å². The second-order valence-electron chi connectivity index (χ2n) is 7.93. The fourth-order valence-electron chi connectivity index (χ4n) is 3.14. The van der Waals surface area contributed by atoms with Crippen molar-refractivity contribution in [1.29, 1.82) is 0 Å². The Labute approximate surface area is 182 Å². The van der Waals surface area contributed by atoms with Gasteiger partial charge in [0.15, 0.2) is 0 Å². The van der Waals surface area contributed by atoms with E-state index in [4.69, 9.17) is 4.74 Å². The molecule has 0 aliphatic rings. The van der Waals surface area contributed by atoms with Crippen molar-refractivity contribution in [3.05, 3.63) is 77.4 Å². The van der Waals surface area contributed by atoms with Crippen molar-refractivity contribution in [2.45, 2.75) is 38.6 Å². The van der Waals surface area contributed by atoms with E-state index >= 15 is 0 Å². The lowest BCUT2D eigenvalue weighted by Gasteiger charge is -2.24. The Morgan fingerprint density at radius 3 is 2.19 bits per heavy atom. The molecule has 0 heterocycles. The number of hydrogen-bond acceptors (Lipinski definition) is 3. The Bertz CT molecular complexity index is 1150. The van der Waals surface area contributed by atoms with Gasteiger partial charge in [-0.3, -0.25) is 4.79 Å². The number of halogens is 3. The van der Waals surface area contributed by atoms with Gasteiger partial charge in [-0.1, -0.05) is 42.5 Å². The van der Waals surface area contributed by atoms with E-state index in [0.29, 0.717) is 10.9 Å². The second-order valence-corrected chi connectivity index (χ2v) is 7.93. The standard InChI is InChI=1S/C24H22F3NO4/c1-14(15-8-11-17(12-9-15)24(25,26)27)32-20-18-7-5-4-6-16(18)10-13-19(20)21(29)28-23(2,3)22(30)31/h4-14H,1-3H3,(H,28,29)(H,30,31)/t14-/m1/s1. The minimum atomic E-state index is -4.44. The Morgan fingerprint density at radius 2 is 1.59 bits per heavy atom. The number of ether oxygens (including phenoxy) is 1. The van der Waals surface area contributed by atoms with E-state index in [-0.39, 0.29) is 11.3 Å². The Hall–Kier alpha value is -3.55. The third-order valence-corrected chi connectivity index (χ3v) is 5.09. The number of amides is 1. The van der Waals surface area contributed by atoms with Crippen molar-refractivity contribution >= 4 is 22.6 Å². The van der Waals surface area contributed by atoms with Gasteiger partial charge in [-0.05, 0) is 49.9 Å². The number of aliphatic carboxylic acids is 1. The predicted octanol–water partition coefficient (Wildman–Crippen LogP) is 5.59. The van der Waals surface area contributed by atoms with E-state index in [9.17, 15) is 27.9 Å². The van der Waals surface area contributed by atoms with Crippen molar-refractivity contribution in [3.8, 4) is 5.75 Å². The van der Waals surface area contributed by atoms with E-state index in [0.717, 1.165) is 17.5 Å². The minimum absolute atomic E-state index is 0.122. The number of benzene rings is 3. The molecule has 8 heteroatoms. The zero-order valence-corrected chi connectivity index (χ0v) is 17.7. The summed E-state index contributed by atoms with van der Waals surface area (Å²) in [6.45, 7) is 4.38. The van der Waals surface area contributed by atoms with E-state index in [2.05, 4.69) is 5.32 Å². The van der Waals surface area contributed by atoms with Crippen LogP contribution >= 0.6 is 0 Å². The highest BCUT2D eigenvalue weighted by Crippen LogP contribution is 2.35. The molecule has 0 saturated heterocycles. The number of rotatable bonds is 6. The van der Waals surface area contributed by atoms with Crippen LogP contribution in [0.2, 0.25) is 0 Å². The summed E-state index contributed by atoms with van der Waals surface area (Å²) >= 11 is 0. The van der Waals surface area contributed by atoms with Crippen molar-refractivity contribution in [2.24, 2.45) is 0 Å². The number of fused-ring (bicyclic) bond motifs is 1. The molecule has 0 saturated carbocycles. The fourth-order valence-corrected chi connectivity index (χ4v) is 3.14. The molecule has 168 valence electrons. The number of carbonyl (C=O) groups excluding carboxylic acids is 1. The summed E-state index contributed by atoms with van der Waals surface area (Å²) in [5, 5.41) is 13.2. The number of carboxylic acids is 1. The van der Waals surface area contributed by atoms with E-state index < -0.39 is 35.3 Å². The van der Waals surface area contributed by atoms with Gasteiger partial charge in [0.1, 0.15) is 17.4 Å². The van der Waals surface area contributed by atoms with E-state index in [1.165, 1.54) is 32.0 Å². The second kappa shape index (κ2) is 8.53. The molecule has 0 aromatic heterocycles. The molecule has 0 radical (unpaired) electrons. The average molecular weight is 445 g/mol. The van der Waals surface area contributed by atoms with Gasteiger partial charge in [-0.2, -0.15) is 13.2 Å². The molecule has 2 N–H and O–H groups in total. The smallest absolute Gasteiger partial charge is 0.416 e. The van der Waals surface area contributed by atoms with Crippen LogP contribution in [0.25, 0.3) is 10.8 Å². The minimum Gasteiger partial charge on any atom is -0.485 e. The highest BCUT2D eigenvalue weighted by molar-refractivity contribution is 6.05. The largest absolute Gasteiger partial charge is 0.485 e. The molecule has 0 unspecified atom stereocenters. The molecule has 0 fully saturated rings. The van der Waals surface area contributed by atoms with Gasteiger partial charge >= 0.3 is 12.1 Å². The molecular formula is C24H22F3NO4. The molecule has 3 rings (SSSR count). The van der Waals surface area contributed by atoms with Crippen LogP contribution in [0.1, 0.15) is 48.4 Å². The maximum atomic E-state index is 12.9. The summed E-state index contributed by atoms with van der Waals surface area (Å²) in [7, 11) is 0. The summed E-state index contributed by atoms with van der Waals surface area (Å²) in [6.07, 6.45) is -5.12. The number of carbonyl (C=O) groups is 2. The SMILES string of the molecule is C[C@@H](Oc1c(C(=O)NC(C)(C)C(=O)O)ccc2ccccc12)c1ccc(C(F)(F)F)cc1. The first kappa shape index (κ1) is 23.1. The van der Waals surface area contributed by atoms with E-state index in [1.807, 2.05) is 12.1 Å². The van der Waals surface area contributed by atoms with Crippen LogP contribution in [0, 0.1) is 0 Å². The molecule has 0 aliphatic carbocycles. The van der Waals surface area contributed by atoms with E-state index in [1.54, 1.807) is 25.1 Å². The van der Waals surface area contributed by atoms with Crippen molar-refractivity contribution in [2.75, 3.05) is 0 Å². The molecule has 0 aliphatic heterocycles. The van der Waals surface area contributed by atoms with Crippen LogP contribution in [0.5, 0.6) is 5.75 Å². The first-order chi connectivity index (χ1) is 14.9. The summed E-state index contributed by atoms with van der Waals surface area (Å²) < 4.78 is 44.7. The maximum Gasteiger partial charge on any atom is 0.416 e. The molecule has 5 nitrogen and oxygen atoms in total. The summed E-state index contributed by atoms with van der Waals surface area (Å²) in [5.74, 6) is -1.63. The van der Waals surface area contributed by atoms with Crippen LogP contribution in [-0.2, 0) is 11.0 Å². The quantitative estimate of drug-likeness (QED) is 0.519. The van der Waals surface area contributed by atoms with Crippen LogP contribution < -0.4 is 10.1 Å². The van der Waals surface area contributed by atoms with Gasteiger partial charge in [0.25, 0.3) is 5.91 Å². The first-order valence-corrected chi connectivity index (χ1v) is 9.81. The molecule has 3 aromatic rings. The number of nitrogens with one attached hydrogen (secondary N) is 1. The summed E-state index contributed by atoms with van der Waals surface area (Å²) in [6, 6.07) is 15.0. The number of hydrogen-bond donors (Lipinski definition) is 2. The molecule has 1 amide bonds. The van der Waals surface area contributed by atoms with Crippen LogP contribution in [0.15, 0.2) is 60.7 Å². The first-order valence-electron chi connectivity index (χ1n) is 9.81. The molecule has 3 aromatic carbocycles. The maximum absolute atomic E-state index is 12.9. The van der Waals surface area contributed by atoms with Gasteiger partial charge in [0.05, 0.1) is 11.1 Å². The van der Waals surface area contributed by atoms with Crippen molar-refractivity contribution in [1.82, 2.24) is 5.32 Å². The Morgan fingerprint density at radius 1 is 0.969 bits per heavy atom. The Balaban J connectivity index is 1.99. The monoisotopic (exact) mass is 445 g/mol. The molecule has 32 heavy (non-hydrogen) atoms. The fraction of sp³-hybridized carbons (Fsp3) is 0.250. The highest BCUT2D eigenvalue weighted by atomic mass is 19.4. The van der Waals surface area contributed by atoms with Crippen LogP contribution in [0.3, 0.4) is 0 Å². The predicted molar refractivity (Wildman–Crippen MR) is 114 cm³/mol. The lowest BCUT2D eigenvalue weighted by molar-refractivity contribution is -0.143. The van der Waals surface area contributed by atoms with Crippen LogP contribution in [-0.4, -0.2) is 22.5 Å². The molecule has 0 spiro atoms. The molecular weight excluding hydrogens is 423 g/mol. The normalized spacial score (nSPS) is 12.9. The lowest BCUT2D eigenvalue weighted by Crippen LogP contribution is -2.49. The third-order valence-electron chi connectivity index (χ3n) is 5.09. The van der Waals surface area contributed by atoms with Gasteiger partial charge in [0.2, 0.25) is 0 Å². The third kappa shape index (κ3) is 4.85. The average Bonchev–Trinajstić information content (AvgIpc) is 2.73. The highest BCUT2D eigenvalue weighted by Gasteiger charge is 2.32. The summed E-state index contributed by atoms with van der Waals surface area (Å²) in [4.78, 5) is 24.3. The molecule has 0 bridgehead atoms. The van der Waals surface area contributed by atoms with Gasteiger partial charge < -0.3 is 15.2 Å². The number of carboxylic acid groups (broad SMARTS) is 1. The molecule has 1 atom stereocenters. The van der Waals surface area contributed by atoms with Gasteiger partial charge in [-0.15, -0.1) is 0 Å². The number of alkyl halides is 3.